The summed E-state index contributed by atoms with van der Waals surface area (Å²) in [5.41, 5.74) is 2.83. The van der Waals surface area contributed by atoms with Gasteiger partial charge in [0.15, 0.2) is 0 Å². The number of carbonyl (C=O) groups is 1. The number of amides is 2. The molecule has 1 heterocycles. The number of rotatable bonds is 5. The van der Waals surface area contributed by atoms with Crippen LogP contribution in [0.25, 0.3) is 0 Å². The highest BCUT2D eigenvalue weighted by atomic mass is 16.5. The predicted octanol–water partition coefficient (Wildman–Crippen LogP) is 3.43. The van der Waals surface area contributed by atoms with Gasteiger partial charge in [0, 0.05) is 6.04 Å². The molecule has 3 rings (SSSR count). The largest absolute Gasteiger partial charge is 0.495 e. The van der Waals surface area contributed by atoms with Gasteiger partial charge in [-0.15, -0.1) is 0 Å². The van der Waals surface area contributed by atoms with Crippen LogP contribution in [-0.2, 0) is 0 Å². The van der Waals surface area contributed by atoms with Gasteiger partial charge in [-0.25, -0.2) is 9.78 Å². The van der Waals surface area contributed by atoms with Crippen molar-refractivity contribution in [2.24, 2.45) is 0 Å². The van der Waals surface area contributed by atoms with E-state index in [1.54, 1.807) is 19.4 Å². The minimum Gasteiger partial charge on any atom is -0.495 e. The van der Waals surface area contributed by atoms with E-state index in [2.05, 4.69) is 20.9 Å². The Kier molecular flexibility index (Phi) is 4.32. The Balaban J connectivity index is 1.65. The van der Waals surface area contributed by atoms with E-state index in [0.29, 0.717) is 11.9 Å². The van der Waals surface area contributed by atoms with Crippen LogP contribution in [0.15, 0.2) is 36.5 Å². The SMILES string of the molecule is COc1ccc(C)cc1Nc1ccc(NC(=O)NC2CC2)nc1. The monoisotopic (exact) mass is 312 g/mol. The van der Waals surface area contributed by atoms with Crippen LogP contribution in [0.3, 0.4) is 0 Å². The van der Waals surface area contributed by atoms with Crippen LogP contribution in [0.4, 0.5) is 22.0 Å². The summed E-state index contributed by atoms with van der Waals surface area (Å²) in [6.45, 7) is 2.02. The number of hydrogen-bond acceptors (Lipinski definition) is 4. The molecule has 1 aromatic heterocycles. The number of nitrogens with zero attached hydrogens (tertiary/aromatic N) is 1. The first-order valence-corrected chi connectivity index (χ1v) is 7.59. The second-order valence-corrected chi connectivity index (χ2v) is 5.63. The maximum Gasteiger partial charge on any atom is 0.320 e. The van der Waals surface area contributed by atoms with Crippen LogP contribution in [0.5, 0.6) is 5.75 Å². The summed E-state index contributed by atoms with van der Waals surface area (Å²) in [4.78, 5) is 15.9. The van der Waals surface area contributed by atoms with Gasteiger partial charge >= 0.3 is 6.03 Å². The summed E-state index contributed by atoms with van der Waals surface area (Å²) in [6, 6.07) is 9.66. The Morgan fingerprint density at radius 1 is 1.26 bits per heavy atom. The summed E-state index contributed by atoms with van der Waals surface area (Å²) < 4.78 is 5.34. The lowest BCUT2D eigenvalue weighted by atomic mass is 10.2. The number of carbonyl (C=O) groups excluding carboxylic acids is 1. The minimum atomic E-state index is -0.207. The number of nitrogens with one attached hydrogen (secondary N) is 3. The highest BCUT2D eigenvalue weighted by Gasteiger charge is 2.23. The van der Waals surface area contributed by atoms with E-state index in [9.17, 15) is 4.79 Å². The zero-order valence-electron chi connectivity index (χ0n) is 13.2. The molecule has 1 aromatic carbocycles. The fourth-order valence-corrected chi connectivity index (χ4v) is 2.18. The van der Waals surface area contributed by atoms with Crippen molar-refractivity contribution in [1.29, 1.82) is 0 Å². The molecular formula is C17H20N4O2. The third-order valence-electron chi connectivity index (χ3n) is 3.55. The molecule has 3 N–H and O–H groups in total. The number of urea groups is 1. The number of methoxy groups -OCH3 is 1. The van der Waals surface area contributed by atoms with Crippen molar-refractivity contribution < 1.29 is 9.53 Å². The van der Waals surface area contributed by atoms with Crippen LogP contribution in [0.1, 0.15) is 18.4 Å². The molecular weight excluding hydrogens is 292 g/mol. The standard InChI is InChI=1S/C17H20N4O2/c1-11-3-7-15(23-2)14(9-11)19-13-6-8-16(18-10-13)21-17(22)20-12-4-5-12/h3,6-10,12,19H,4-5H2,1-2H3,(H2,18,20,21,22). The van der Waals surface area contributed by atoms with Crippen LogP contribution >= 0.6 is 0 Å². The van der Waals surface area contributed by atoms with E-state index in [1.807, 2.05) is 31.2 Å². The molecule has 0 spiro atoms. The van der Waals surface area contributed by atoms with Crippen LogP contribution in [-0.4, -0.2) is 24.2 Å². The van der Waals surface area contributed by atoms with Crippen molar-refractivity contribution in [3.05, 3.63) is 42.1 Å². The fraction of sp³-hybridized carbons (Fsp3) is 0.294. The van der Waals surface area contributed by atoms with E-state index in [0.717, 1.165) is 35.5 Å². The number of aryl methyl sites for hydroxylation is 1. The molecule has 0 bridgehead atoms. The summed E-state index contributed by atoms with van der Waals surface area (Å²) in [7, 11) is 1.64. The van der Waals surface area contributed by atoms with Crippen molar-refractivity contribution in [1.82, 2.24) is 10.3 Å². The maximum absolute atomic E-state index is 11.7. The average molecular weight is 312 g/mol. The van der Waals surface area contributed by atoms with Crippen molar-refractivity contribution >= 4 is 23.2 Å². The zero-order chi connectivity index (χ0) is 16.2. The first-order chi connectivity index (χ1) is 11.1. The van der Waals surface area contributed by atoms with E-state index < -0.39 is 0 Å². The molecule has 1 fully saturated rings. The first kappa shape index (κ1) is 15.1. The third-order valence-corrected chi connectivity index (χ3v) is 3.55. The third kappa shape index (κ3) is 4.12. The number of benzene rings is 1. The fourth-order valence-electron chi connectivity index (χ4n) is 2.18. The number of anilines is 3. The van der Waals surface area contributed by atoms with Gasteiger partial charge < -0.3 is 15.4 Å². The topological polar surface area (TPSA) is 75.3 Å². The Hall–Kier alpha value is -2.76. The molecule has 2 amide bonds. The van der Waals surface area contributed by atoms with E-state index >= 15 is 0 Å². The lowest BCUT2D eigenvalue weighted by Crippen LogP contribution is -2.30. The molecule has 0 unspecified atom stereocenters. The molecule has 0 atom stereocenters. The Morgan fingerprint density at radius 3 is 2.74 bits per heavy atom. The molecule has 1 aliphatic carbocycles. The highest BCUT2D eigenvalue weighted by Crippen LogP contribution is 2.28. The van der Waals surface area contributed by atoms with Gasteiger partial charge in [0.2, 0.25) is 0 Å². The predicted molar refractivity (Wildman–Crippen MR) is 90.4 cm³/mol. The lowest BCUT2D eigenvalue weighted by Gasteiger charge is -2.12. The van der Waals surface area contributed by atoms with Crippen molar-refractivity contribution in [2.75, 3.05) is 17.7 Å². The van der Waals surface area contributed by atoms with Crippen molar-refractivity contribution in [3.63, 3.8) is 0 Å². The molecule has 0 aliphatic heterocycles. The van der Waals surface area contributed by atoms with Gasteiger partial charge in [0.1, 0.15) is 11.6 Å². The minimum absolute atomic E-state index is 0.207. The van der Waals surface area contributed by atoms with E-state index in [-0.39, 0.29) is 6.03 Å². The normalized spacial score (nSPS) is 13.3. The van der Waals surface area contributed by atoms with E-state index in [4.69, 9.17) is 4.74 Å². The second-order valence-electron chi connectivity index (χ2n) is 5.63. The Bertz CT molecular complexity index is 696. The molecule has 0 saturated heterocycles. The Labute approximate surface area is 135 Å². The molecule has 0 radical (unpaired) electrons. The first-order valence-electron chi connectivity index (χ1n) is 7.59. The number of pyridine rings is 1. The molecule has 6 nitrogen and oxygen atoms in total. The van der Waals surface area contributed by atoms with Crippen molar-refractivity contribution in [3.8, 4) is 5.75 Å². The van der Waals surface area contributed by atoms with Crippen molar-refractivity contribution in [2.45, 2.75) is 25.8 Å². The summed E-state index contributed by atoms with van der Waals surface area (Å²) in [5, 5.41) is 8.85. The number of aromatic nitrogens is 1. The van der Waals surface area contributed by atoms with Gasteiger partial charge in [-0.3, -0.25) is 5.32 Å². The molecule has 120 valence electrons. The smallest absolute Gasteiger partial charge is 0.320 e. The molecule has 2 aromatic rings. The van der Waals surface area contributed by atoms with Crippen LogP contribution in [0.2, 0.25) is 0 Å². The zero-order valence-corrected chi connectivity index (χ0v) is 13.2. The summed E-state index contributed by atoms with van der Waals surface area (Å²) in [5.74, 6) is 1.28. The number of hydrogen-bond donors (Lipinski definition) is 3. The van der Waals surface area contributed by atoms with Gasteiger partial charge in [0.25, 0.3) is 0 Å². The van der Waals surface area contributed by atoms with Gasteiger partial charge in [-0.1, -0.05) is 6.07 Å². The maximum atomic E-state index is 11.7. The van der Waals surface area contributed by atoms with E-state index in [1.165, 1.54) is 0 Å². The quantitative estimate of drug-likeness (QED) is 0.790. The molecule has 1 aliphatic rings. The average Bonchev–Trinajstić information content (AvgIpc) is 3.33. The summed E-state index contributed by atoms with van der Waals surface area (Å²) in [6.07, 6.45) is 3.79. The molecule has 6 heteroatoms. The highest BCUT2D eigenvalue weighted by molar-refractivity contribution is 5.88. The second kappa shape index (κ2) is 6.56. The molecule has 1 saturated carbocycles. The van der Waals surface area contributed by atoms with Crippen LogP contribution in [0, 0.1) is 6.92 Å². The van der Waals surface area contributed by atoms with Gasteiger partial charge in [0.05, 0.1) is 24.7 Å². The number of ether oxygens (including phenoxy) is 1. The Morgan fingerprint density at radius 2 is 2.09 bits per heavy atom. The van der Waals surface area contributed by atoms with Gasteiger partial charge in [-0.05, 0) is 49.6 Å². The van der Waals surface area contributed by atoms with Crippen LogP contribution < -0.4 is 20.7 Å². The summed E-state index contributed by atoms with van der Waals surface area (Å²) >= 11 is 0. The molecule has 23 heavy (non-hydrogen) atoms. The van der Waals surface area contributed by atoms with Gasteiger partial charge in [-0.2, -0.15) is 0 Å². The lowest BCUT2D eigenvalue weighted by molar-refractivity contribution is 0.251.